The van der Waals surface area contributed by atoms with E-state index in [-0.39, 0.29) is 0 Å². The molecule has 24 heavy (non-hydrogen) atoms. The van der Waals surface area contributed by atoms with Crippen LogP contribution in [0, 0.1) is 6.92 Å². The minimum absolute atomic E-state index is 0.314. The Balaban J connectivity index is 1.69. The van der Waals surface area contributed by atoms with Gasteiger partial charge >= 0.3 is 0 Å². The zero-order valence-electron chi connectivity index (χ0n) is 14.0. The minimum Gasteiger partial charge on any atom is -0.361 e. The molecule has 0 aliphatic rings. The molecule has 1 heterocycles. The molecule has 5 heteroatoms. The summed E-state index contributed by atoms with van der Waals surface area (Å²) in [5.41, 5.74) is 4.52. The summed E-state index contributed by atoms with van der Waals surface area (Å²) in [4.78, 5) is 3.54. The first-order valence-corrected chi connectivity index (χ1v) is 9.63. The second kappa shape index (κ2) is 6.79. The molecule has 3 rings (SSSR count). The van der Waals surface area contributed by atoms with Crippen LogP contribution in [0.15, 0.2) is 53.6 Å². The van der Waals surface area contributed by atoms with Crippen molar-refractivity contribution >= 4 is 20.9 Å². The highest BCUT2D eigenvalue weighted by Gasteiger charge is 2.13. The molecule has 0 radical (unpaired) electrons. The molecule has 2 aromatic carbocycles. The van der Waals surface area contributed by atoms with Crippen molar-refractivity contribution in [3.05, 3.63) is 65.4 Å². The molecule has 0 amide bonds. The van der Waals surface area contributed by atoms with Crippen LogP contribution in [0.2, 0.25) is 0 Å². The van der Waals surface area contributed by atoms with E-state index >= 15 is 0 Å². The molecule has 0 saturated carbocycles. The summed E-state index contributed by atoms with van der Waals surface area (Å²) in [5, 5.41) is 1.15. The lowest BCUT2D eigenvalue weighted by Gasteiger charge is -2.07. The number of hydrogen-bond donors (Lipinski definition) is 2. The van der Waals surface area contributed by atoms with Crippen molar-refractivity contribution in [1.29, 1.82) is 0 Å². The minimum atomic E-state index is -3.46. The van der Waals surface area contributed by atoms with Crippen LogP contribution in [0.1, 0.15) is 23.6 Å². The van der Waals surface area contributed by atoms with Gasteiger partial charge in [0.25, 0.3) is 0 Å². The van der Waals surface area contributed by atoms with E-state index in [1.807, 2.05) is 31.3 Å². The van der Waals surface area contributed by atoms with Crippen molar-refractivity contribution in [3.63, 3.8) is 0 Å². The van der Waals surface area contributed by atoms with Crippen molar-refractivity contribution in [2.24, 2.45) is 0 Å². The number of H-pyrrole nitrogens is 1. The van der Waals surface area contributed by atoms with Crippen LogP contribution in [0.25, 0.3) is 10.9 Å². The van der Waals surface area contributed by atoms with Gasteiger partial charge in [0.2, 0.25) is 10.0 Å². The summed E-state index contributed by atoms with van der Waals surface area (Å²) in [6.07, 6.45) is 3.50. The molecule has 2 N–H and O–H groups in total. The Hall–Kier alpha value is -2.11. The maximum atomic E-state index is 12.4. The van der Waals surface area contributed by atoms with Crippen molar-refractivity contribution in [2.45, 2.75) is 31.6 Å². The lowest BCUT2D eigenvalue weighted by Crippen LogP contribution is -2.25. The van der Waals surface area contributed by atoms with Gasteiger partial charge in [-0.2, -0.15) is 0 Å². The molecule has 126 valence electrons. The van der Waals surface area contributed by atoms with Crippen LogP contribution in [-0.4, -0.2) is 19.9 Å². The zero-order valence-corrected chi connectivity index (χ0v) is 14.8. The fourth-order valence-corrected chi connectivity index (χ4v) is 3.84. The van der Waals surface area contributed by atoms with Gasteiger partial charge in [-0.25, -0.2) is 13.1 Å². The van der Waals surface area contributed by atoms with Gasteiger partial charge in [0.1, 0.15) is 0 Å². The molecular weight excluding hydrogens is 320 g/mol. The number of nitrogens with one attached hydrogen (secondary N) is 2. The van der Waals surface area contributed by atoms with E-state index in [0.29, 0.717) is 17.9 Å². The first kappa shape index (κ1) is 16.7. The number of aromatic amines is 1. The summed E-state index contributed by atoms with van der Waals surface area (Å²) < 4.78 is 27.4. The first-order chi connectivity index (χ1) is 11.5. The highest BCUT2D eigenvalue weighted by Crippen LogP contribution is 2.20. The molecule has 3 aromatic rings. The standard InChI is InChI=1S/C19H22N2O2S/c1-3-15-5-7-17(8-6-15)24(22,23)21-11-10-16-13-20-19-9-4-14(2)12-18(16)19/h4-9,12-13,20-21H,3,10-11H2,1-2H3. The van der Waals surface area contributed by atoms with Gasteiger partial charge in [0.15, 0.2) is 0 Å². The Morgan fingerprint density at radius 2 is 1.83 bits per heavy atom. The number of aromatic nitrogens is 1. The van der Waals surface area contributed by atoms with Crippen LogP contribution in [0.4, 0.5) is 0 Å². The number of hydrogen-bond acceptors (Lipinski definition) is 2. The largest absolute Gasteiger partial charge is 0.361 e. The molecule has 0 unspecified atom stereocenters. The van der Waals surface area contributed by atoms with Crippen LogP contribution in [0.3, 0.4) is 0 Å². The molecule has 0 aliphatic carbocycles. The Morgan fingerprint density at radius 1 is 1.08 bits per heavy atom. The summed E-state index contributed by atoms with van der Waals surface area (Å²) in [6.45, 7) is 4.47. The molecule has 0 spiro atoms. The van der Waals surface area contributed by atoms with Gasteiger partial charge in [-0.15, -0.1) is 0 Å². The molecule has 0 bridgehead atoms. The van der Waals surface area contributed by atoms with Gasteiger partial charge in [-0.05, 0) is 55.2 Å². The maximum Gasteiger partial charge on any atom is 0.240 e. The summed E-state index contributed by atoms with van der Waals surface area (Å²) in [7, 11) is -3.46. The quantitative estimate of drug-likeness (QED) is 0.719. The highest BCUT2D eigenvalue weighted by atomic mass is 32.2. The lowest BCUT2D eigenvalue weighted by molar-refractivity contribution is 0.581. The maximum absolute atomic E-state index is 12.4. The summed E-state index contributed by atoms with van der Waals surface area (Å²) >= 11 is 0. The van der Waals surface area contributed by atoms with Crippen LogP contribution in [-0.2, 0) is 22.9 Å². The van der Waals surface area contributed by atoms with Crippen molar-refractivity contribution in [3.8, 4) is 0 Å². The molecule has 0 aliphatic heterocycles. The molecule has 4 nitrogen and oxygen atoms in total. The second-order valence-corrected chi connectivity index (χ2v) is 7.78. The smallest absolute Gasteiger partial charge is 0.240 e. The molecule has 1 aromatic heterocycles. The van der Waals surface area contributed by atoms with Gasteiger partial charge in [-0.1, -0.05) is 30.7 Å². The topological polar surface area (TPSA) is 62.0 Å². The highest BCUT2D eigenvalue weighted by molar-refractivity contribution is 7.89. The number of aryl methyl sites for hydroxylation is 2. The number of sulfonamides is 1. The monoisotopic (exact) mass is 342 g/mol. The van der Waals surface area contributed by atoms with Crippen molar-refractivity contribution in [2.75, 3.05) is 6.54 Å². The Morgan fingerprint density at radius 3 is 2.54 bits per heavy atom. The molecule has 0 fully saturated rings. The Kier molecular flexibility index (Phi) is 4.73. The third-order valence-corrected chi connectivity index (χ3v) is 5.73. The van der Waals surface area contributed by atoms with E-state index in [9.17, 15) is 8.42 Å². The average Bonchev–Trinajstić information content (AvgIpc) is 2.97. The second-order valence-electron chi connectivity index (χ2n) is 6.01. The van der Waals surface area contributed by atoms with Crippen LogP contribution in [0.5, 0.6) is 0 Å². The van der Waals surface area contributed by atoms with Crippen molar-refractivity contribution < 1.29 is 8.42 Å². The predicted molar refractivity (Wildman–Crippen MR) is 97.7 cm³/mol. The van der Waals surface area contributed by atoms with E-state index in [1.54, 1.807) is 12.1 Å². The number of rotatable bonds is 6. The van der Waals surface area contributed by atoms with Gasteiger partial charge < -0.3 is 4.98 Å². The third-order valence-electron chi connectivity index (χ3n) is 4.25. The van der Waals surface area contributed by atoms with E-state index in [1.165, 1.54) is 5.56 Å². The van der Waals surface area contributed by atoms with Crippen LogP contribution < -0.4 is 4.72 Å². The molecular formula is C19H22N2O2S. The van der Waals surface area contributed by atoms with Gasteiger partial charge in [0.05, 0.1) is 4.90 Å². The zero-order chi connectivity index (χ0) is 17.2. The molecule has 0 atom stereocenters. The van der Waals surface area contributed by atoms with Gasteiger partial charge in [-0.3, -0.25) is 0 Å². The SMILES string of the molecule is CCc1ccc(S(=O)(=O)NCCc2c[nH]c3ccc(C)cc23)cc1. The average molecular weight is 342 g/mol. The lowest BCUT2D eigenvalue weighted by atomic mass is 10.1. The third kappa shape index (κ3) is 3.52. The first-order valence-electron chi connectivity index (χ1n) is 8.15. The summed E-state index contributed by atoms with van der Waals surface area (Å²) in [5.74, 6) is 0. The fraction of sp³-hybridized carbons (Fsp3) is 0.263. The normalized spacial score (nSPS) is 11.9. The van der Waals surface area contributed by atoms with E-state index in [4.69, 9.17) is 0 Å². The predicted octanol–water partition coefficient (Wildman–Crippen LogP) is 3.56. The number of fused-ring (bicyclic) bond motifs is 1. The van der Waals surface area contributed by atoms with Crippen LogP contribution >= 0.6 is 0 Å². The van der Waals surface area contributed by atoms with E-state index in [2.05, 4.69) is 28.8 Å². The molecule has 0 saturated heterocycles. The fourth-order valence-electron chi connectivity index (χ4n) is 2.81. The summed E-state index contributed by atoms with van der Waals surface area (Å²) in [6, 6.07) is 13.3. The van der Waals surface area contributed by atoms with E-state index < -0.39 is 10.0 Å². The number of benzene rings is 2. The van der Waals surface area contributed by atoms with Gasteiger partial charge in [0, 0.05) is 23.6 Å². The van der Waals surface area contributed by atoms with E-state index in [0.717, 1.165) is 28.5 Å². The Labute approximate surface area is 143 Å². The Bertz CT molecular complexity index is 941. The van der Waals surface area contributed by atoms with Crippen molar-refractivity contribution in [1.82, 2.24) is 9.71 Å².